The second-order valence-electron chi connectivity index (χ2n) is 3.97. The maximum absolute atomic E-state index is 12.1. The lowest BCUT2D eigenvalue weighted by Gasteiger charge is -2.07. The van der Waals surface area contributed by atoms with Gasteiger partial charge in [0, 0.05) is 11.1 Å². The van der Waals surface area contributed by atoms with Gasteiger partial charge in [-0.15, -0.1) is 0 Å². The van der Waals surface area contributed by atoms with Crippen molar-refractivity contribution in [1.82, 2.24) is 0 Å². The van der Waals surface area contributed by atoms with E-state index in [2.05, 4.69) is 0 Å². The van der Waals surface area contributed by atoms with Crippen LogP contribution in [0.15, 0.2) is 47.4 Å². The molecule has 0 saturated carbocycles. The standard InChI is InChI=1S/C12H9ClN2O5S/c13-8-1-3-9(4-2-8)20-21(18,19)10-5-6-11(14)12(7-10)15(16)17/h1-7H,14H2. The average molecular weight is 329 g/mol. The second kappa shape index (κ2) is 5.58. The van der Waals surface area contributed by atoms with E-state index in [0.717, 1.165) is 18.2 Å². The Morgan fingerprint density at radius 3 is 2.33 bits per heavy atom. The van der Waals surface area contributed by atoms with Gasteiger partial charge in [0.2, 0.25) is 0 Å². The van der Waals surface area contributed by atoms with Crippen LogP contribution in [0.5, 0.6) is 5.75 Å². The number of anilines is 1. The van der Waals surface area contributed by atoms with Crippen molar-refractivity contribution in [2.75, 3.05) is 5.73 Å². The number of nitro groups is 1. The van der Waals surface area contributed by atoms with E-state index in [1.165, 1.54) is 24.3 Å². The quantitative estimate of drug-likeness (QED) is 0.399. The maximum Gasteiger partial charge on any atom is 0.339 e. The van der Waals surface area contributed by atoms with Crippen LogP contribution in [0.2, 0.25) is 5.02 Å². The van der Waals surface area contributed by atoms with E-state index < -0.39 is 20.7 Å². The van der Waals surface area contributed by atoms with Gasteiger partial charge in [-0.3, -0.25) is 10.1 Å². The third kappa shape index (κ3) is 3.41. The molecule has 7 nitrogen and oxygen atoms in total. The average Bonchev–Trinajstić information content (AvgIpc) is 2.41. The Kier molecular flexibility index (Phi) is 4.01. The summed E-state index contributed by atoms with van der Waals surface area (Å²) in [5.41, 5.74) is 4.77. The number of hydrogen-bond donors (Lipinski definition) is 1. The van der Waals surface area contributed by atoms with Crippen LogP contribution in [0.4, 0.5) is 11.4 Å². The van der Waals surface area contributed by atoms with E-state index >= 15 is 0 Å². The van der Waals surface area contributed by atoms with Gasteiger partial charge < -0.3 is 9.92 Å². The normalized spacial score (nSPS) is 11.1. The van der Waals surface area contributed by atoms with Crippen LogP contribution in [-0.2, 0) is 10.1 Å². The number of nitrogens with two attached hydrogens (primary N) is 1. The van der Waals surface area contributed by atoms with Crippen LogP contribution in [-0.4, -0.2) is 13.3 Å². The largest absolute Gasteiger partial charge is 0.393 e. The molecule has 2 aromatic carbocycles. The van der Waals surface area contributed by atoms with E-state index in [1.807, 2.05) is 0 Å². The van der Waals surface area contributed by atoms with Crippen molar-refractivity contribution in [2.45, 2.75) is 4.90 Å². The molecule has 0 aliphatic carbocycles. The van der Waals surface area contributed by atoms with Crippen molar-refractivity contribution in [3.8, 4) is 5.75 Å². The zero-order chi connectivity index (χ0) is 15.6. The fourth-order valence-corrected chi connectivity index (χ4v) is 2.58. The predicted octanol–water partition coefficient (Wildman–Crippen LogP) is 2.60. The third-order valence-corrected chi connectivity index (χ3v) is 4.00. The highest BCUT2D eigenvalue weighted by Crippen LogP contribution is 2.27. The molecule has 0 heterocycles. The Balaban J connectivity index is 2.38. The molecule has 0 amide bonds. The molecule has 0 unspecified atom stereocenters. The third-order valence-electron chi connectivity index (χ3n) is 2.51. The highest BCUT2D eigenvalue weighted by Gasteiger charge is 2.22. The van der Waals surface area contributed by atoms with E-state index in [-0.39, 0.29) is 16.3 Å². The molecular formula is C12H9ClN2O5S. The van der Waals surface area contributed by atoms with Gasteiger partial charge in [0.1, 0.15) is 16.3 Å². The molecule has 2 aromatic rings. The number of benzene rings is 2. The number of nitrogen functional groups attached to an aromatic ring is 1. The molecule has 2 rings (SSSR count). The SMILES string of the molecule is Nc1ccc(S(=O)(=O)Oc2ccc(Cl)cc2)cc1[N+](=O)[O-]. The van der Waals surface area contributed by atoms with Crippen molar-refractivity contribution in [3.05, 3.63) is 57.6 Å². The molecule has 0 aromatic heterocycles. The molecule has 0 spiro atoms. The molecule has 9 heteroatoms. The van der Waals surface area contributed by atoms with Crippen LogP contribution in [0, 0.1) is 10.1 Å². The number of halogens is 1. The maximum atomic E-state index is 12.1. The molecule has 0 bridgehead atoms. The minimum absolute atomic E-state index is 0.0406. The second-order valence-corrected chi connectivity index (χ2v) is 5.95. The molecule has 0 aliphatic heterocycles. The van der Waals surface area contributed by atoms with E-state index in [9.17, 15) is 18.5 Å². The molecule has 0 aliphatic rings. The summed E-state index contributed by atoms with van der Waals surface area (Å²) in [5, 5.41) is 11.2. The van der Waals surface area contributed by atoms with Crippen LogP contribution >= 0.6 is 11.6 Å². The monoisotopic (exact) mass is 328 g/mol. The Bertz CT molecular complexity index is 790. The first-order valence-electron chi connectivity index (χ1n) is 5.53. The van der Waals surface area contributed by atoms with Crippen molar-refractivity contribution >= 4 is 33.1 Å². The van der Waals surface area contributed by atoms with Gasteiger partial charge in [0.25, 0.3) is 5.69 Å². The van der Waals surface area contributed by atoms with E-state index in [0.29, 0.717) is 5.02 Å². The zero-order valence-electron chi connectivity index (χ0n) is 10.4. The summed E-state index contributed by atoms with van der Waals surface area (Å²) in [6.07, 6.45) is 0. The van der Waals surface area contributed by atoms with Gasteiger partial charge >= 0.3 is 10.1 Å². The molecule has 0 atom stereocenters. The number of rotatable bonds is 4. The van der Waals surface area contributed by atoms with E-state index in [4.69, 9.17) is 21.5 Å². The van der Waals surface area contributed by atoms with Crippen molar-refractivity contribution in [3.63, 3.8) is 0 Å². The fourth-order valence-electron chi connectivity index (χ4n) is 1.50. The summed E-state index contributed by atoms with van der Waals surface area (Å²) in [6.45, 7) is 0. The first-order valence-corrected chi connectivity index (χ1v) is 7.32. The minimum Gasteiger partial charge on any atom is -0.393 e. The van der Waals surface area contributed by atoms with Crippen molar-refractivity contribution in [2.24, 2.45) is 0 Å². The summed E-state index contributed by atoms with van der Waals surface area (Å²) in [4.78, 5) is 9.64. The summed E-state index contributed by atoms with van der Waals surface area (Å²) < 4.78 is 29.0. The molecule has 0 saturated heterocycles. The smallest absolute Gasteiger partial charge is 0.339 e. The van der Waals surface area contributed by atoms with Gasteiger partial charge in [0.05, 0.1) is 4.92 Å². The summed E-state index contributed by atoms with van der Waals surface area (Å²) in [5.74, 6) is 0.0406. The van der Waals surface area contributed by atoms with Crippen LogP contribution in [0.3, 0.4) is 0 Å². The highest BCUT2D eigenvalue weighted by atomic mass is 35.5. The molecule has 0 radical (unpaired) electrons. The number of hydrogen-bond acceptors (Lipinski definition) is 6. The van der Waals surface area contributed by atoms with Gasteiger partial charge in [-0.25, -0.2) is 0 Å². The first-order chi connectivity index (χ1) is 9.79. The van der Waals surface area contributed by atoms with E-state index in [1.54, 1.807) is 0 Å². The van der Waals surface area contributed by atoms with Gasteiger partial charge in [-0.05, 0) is 36.4 Å². The molecule has 110 valence electrons. The van der Waals surface area contributed by atoms with Crippen molar-refractivity contribution < 1.29 is 17.5 Å². The number of nitrogens with zero attached hydrogens (tertiary/aromatic N) is 1. The summed E-state index contributed by atoms with van der Waals surface area (Å²) >= 11 is 5.68. The van der Waals surface area contributed by atoms with Crippen LogP contribution < -0.4 is 9.92 Å². The van der Waals surface area contributed by atoms with Gasteiger partial charge in [-0.1, -0.05) is 11.6 Å². The fraction of sp³-hybridized carbons (Fsp3) is 0. The topological polar surface area (TPSA) is 113 Å². The Morgan fingerprint density at radius 1 is 1.14 bits per heavy atom. The van der Waals surface area contributed by atoms with Gasteiger partial charge in [-0.2, -0.15) is 8.42 Å². The molecule has 2 N–H and O–H groups in total. The Labute approximate surface area is 125 Å². The summed E-state index contributed by atoms with van der Waals surface area (Å²) in [7, 11) is -4.20. The van der Waals surface area contributed by atoms with Crippen LogP contribution in [0.25, 0.3) is 0 Å². The summed E-state index contributed by atoms with van der Waals surface area (Å²) in [6, 6.07) is 8.76. The molecule has 0 fully saturated rings. The lowest BCUT2D eigenvalue weighted by Crippen LogP contribution is -2.10. The lowest BCUT2D eigenvalue weighted by molar-refractivity contribution is -0.384. The molecule has 21 heavy (non-hydrogen) atoms. The lowest BCUT2D eigenvalue weighted by atomic mass is 10.3. The predicted molar refractivity (Wildman–Crippen MR) is 76.8 cm³/mol. The first kappa shape index (κ1) is 15.1. The van der Waals surface area contributed by atoms with Crippen molar-refractivity contribution in [1.29, 1.82) is 0 Å². The Morgan fingerprint density at radius 2 is 1.76 bits per heavy atom. The zero-order valence-corrected chi connectivity index (χ0v) is 12.0. The Hall–Kier alpha value is -2.32. The minimum atomic E-state index is -4.20. The van der Waals surface area contributed by atoms with Crippen LogP contribution in [0.1, 0.15) is 0 Å². The van der Waals surface area contributed by atoms with Gasteiger partial charge in [0.15, 0.2) is 0 Å². The number of nitro benzene ring substituents is 1. The highest BCUT2D eigenvalue weighted by molar-refractivity contribution is 7.87. The molecular weight excluding hydrogens is 320 g/mol.